The van der Waals surface area contributed by atoms with Gasteiger partial charge in [0.25, 0.3) is 0 Å². The van der Waals surface area contributed by atoms with Crippen LogP contribution in [0.25, 0.3) is 0 Å². The molecule has 1 aromatic rings. The molecule has 4 heteroatoms. The summed E-state index contributed by atoms with van der Waals surface area (Å²) < 4.78 is 0. The maximum absolute atomic E-state index is 12.6. The van der Waals surface area contributed by atoms with Gasteiger partial charge in [0.05, 0.1) is 6.04 Å². The largest absolute Gasteiger partial charge is 0.312 e. The zero-order valence-electron chi connectivity index (χ0n) is 12.8. The molecule has 2 fully saturated rings. The first-order chi connectivity index (χ1) is 10.7. The van der Waals surface area contributed by atoms with E-state index in [1.807, 2.05) is 23.1 Å². The molecule has 0 aromatic heterocycles. The van der Waals surface area contributed by atoms with E-state index in [0.717, 1.165) is 68.4 Å². The van der Waals surface area contributed by atoms with Gasteiger partial charge in [0.1, 0.15) is 0 Å². The average molecular weight is 298 g/mol. The minimum Gasteiger partial charge on any atom is -0.312 e. The molecule has 0 radical (unpaired) electrons. The van der Waals surface area contributed by atoms with E-state index in [1.165, 1.54) is 0 Å². The van der Waals surface area contributed by atoms with E-state index in [4.69, 9.17) is 0 Å². The lowest BCUT2D eigenvalue weighted by Gasteiger charge is -2.22. The van der Waals surface area contributed by atoms with Gasteiger partial charge >= 0.3 is 0 Å². The van der Waals surface area contributed by atoms with Crippen molar-refractivity contribution in [2.24, 2.45) is 5.92 Å². The van der Waals surface area contributed by atoms with Crippen molar-refractivity contribution in [3.63, 3.8) is 0 Å². The van der Waals surface area contributed by atoms with Crippen molar-refractivity contribution in [1.82, 2.24) is 5.32 Å². The number of amides is 1. The van der Waals surface area contributed by atoms with Crippen LogP contribution in [0, 0.1) is 5.92 Å². The lowest BCUT2D eigenvalue weighted by atomic mass is 9.95. The summed E-state index contributed by atoms with van der Waals surface area (Å²) in [5, 5.41) is 3.32. The van der Waals surface area contributed by atoms with Gasteiger partial charge < -0.3 is 10.2 Å². The zero-order chi connectivity index (χ0) is 15.1. The number of piperidine rings is 1. The lowest BCUT2D eigenvalue weighted by molar-refractivity contribution is -0.119. The van der Waals surface area contributed by atoms with Crippen molar-refractivity contribution in [2.75, 3.05) is 18.0 Å². The fourth-order valence-electron chi connectivity index (χ4n) is 3.61. The first-order valence-electron chi connectivity index (χ1n) is 8.46. The van der Waals surface area contributed by atoms with Gasteiger partial charge in [-0.05, 0) is 62.4 Å². The van der Waals surface area contributed by atoms with Crippen LogP contribution in [0.2, 0.25) is 0 Å². The molecule has 2 heterocycles. The van der Waals surface area contributed by atoms with Gasteiger partial charge in [0, 0.05) is 23.7 Å². The molecule has 1 saturated heterocycles. The van der Waals surface area contributed by atoms with E-state index in [2.05, 4.69) is 5.32 Å². The molecule has 0 bridgehead atoms. The van der Waals surface area contributed by atoms with Crippen LogP contribution < -0.4 is 10.2 Å². The van der Waals surface area contributed by atoms with E-state index in [9.17, 15) is 9.59 Å². The van der Waals surface area contributed by atoms with Crippen molar-refractivity contribution >= 4 is 17.4 Å². The summed E-state index contributed by atoms with van der Waals surface area (Å²) in [6.45, 7) is 1.70. The molecular weight excluding hydrogens is 276 g/mol. The highest BCUT2D eigenvalue weighted by Gasteiger charge is 2.36. The van der Waals surface area contributed by atoms with Crippen LogP contribution in [-0.2, 0) is 11.2 Å². The molecule has 1 aromatic carbocycles. The first-order valence-corrected chi connectivity index (χ1v) is 8.46. The predicted octanol–water partition coefficient (Wildman–Crippen LogP) is 2.31. The highest BCUT2D eigenvalue weighted by molar-refractivity contribution is 6.02. The number of fused-ring (bicyclic) bond motifs is 1. The molecule has 1 saturated carbocycles. The van der Waals surface area contributed by atoms with E-state index >= 15 is 0 Å². The van der Waals surface area contributed by atoms with Gasteiger partial charge in [-0.15, -0.1) is 0 Å². The molecule has 3 aliphatic rings. The van der Waals surface area contributed by atoms with Crippen molar-refractivity contribution in [2.45, 2.75) is 44.6 Å². The number of hydrogen-bond donors (Lipinski definition) is 1. The number of nitrogens with one attached hydrogen (secondary N) is 1. The minimum absolute atomic E-state index is 0.0302. The fourth-order valence-corrected chi connectivity index (χ4v) is 3.61. The predicted molar refractivity (Wildman–Crippen MR) is 85.2 cm³/mol. The Labute approximate surface area is 130 Å². The summed E-state index contributed by atoms with van der Waals surface area (Å²) in [4.78, 5) is 26.8. The summed E-state index contributed by atoms with van der Waals surface area (Å²) >= 11 is 0. The molecule has 1 N–H and O–H groups in total. The maximum atomic E-state index is 12.6. The summed E-state index contributed by atoms with van der Waals surface area (Å²) in [5.41, 5.74) is 2.96. The molecule has 4 rings (SSSR count). The molecule has 1 aliphatic carbocycles. The van der Waals surface area contributed by atoms with Gasteiger partial charge in [0.2, 0.25) is 5.91 Å². The monoisotopic (exact) mass is 298 g/mol. The van der Waals surface area contributed by atoms with Gasteiger partial charge in [-0.25, -0.2) is 0 Å². The second-order valence-electron chi connectivity index (χ2n) is 6.72. The van der Waals surface area contributed by atoms with E-state index < -0.39 is 0 Å². The molecule has 1 amide bonds. The number of Topliss-reactive ketones (excluding diaryl/α,β-unsaturated/α-hetero) is 1. The zero-order valence-corrected chi connectivity index (χ0v) is 12.8. The van der Waals surface area contributed by atoms with E-state index in [0.29, 0.717) is 0 Å². The highest BCUT2D eigenvalue weighted by atomic mass is 16.2. The highest BCUT2D eigenvalue weighted by Crippen LogP contribution is 2.36. The molecule has 1 unspecified atom stereocenters. The Bertz CT molecular complexity index is 616. The Morgan fingerprint density at radius 3 is 2.73 bits per heavy atom. The molecule has 2 aliphatic heterocycles. The fraction of sp³-hybridized carbons (Fsp3) is 0.556. The lowest BCUT2D eigenvalue weighted by Crippen LogP contribution is -2.40. The number of hydrogen-bond acceptors (Lipinski definition) is 3. The van der Waals surface area contributed by atoms with Crippen molar-refractivity contribution in [1.29, 1.82) is 0 Å². The third-order valence-corrected chi connectivity index (χ3v) is 5.08. The Morgan fingerprint density at radius 1 is 1.14 bits per heavy atom. The molecule has 4 nitrogen and oxygen atoms in total. The Balaban J connectivity index is 1.54. The molecule has 0 spiro atoms. The number of rotatable bonds is 3. The summed E-state index contributed by atoms with van der Waals surface area (Å²) in [5.74, 6) is 0.722. The third-order valence-electron chi connectivity index (χ3n) is 5.08. The second kappa shape index (κ2) is 5.51. The van der Waals surface area contributed by atoms with Crippen LogP contribution >= 0.6 is 0 Å². The molecule has 22 heavy (non-hydrogen) atoms. The van der Waals surface area contributed by atoms with Crippen LogP contribution in [-0.4, -0.2) is 30.8 Å². The molecule has 1 atom stereocenters. The Hall–Kier alpha value is -1.68. The quantitative estimate of drug-likeness (QED) is 0.871. The smallest absolute Gasteiger partial charge is 0.230 e. The molecule has 116 valence electrons. The van der Waals surface area contributed by atoms with Crippen molar-refractivity contribution in [3.05, 3.63) is 29.3 Å². The van der Waals surface area contributed by atoms with Gasteiger partial charge in [-0.1, -0.05) is 6.42 Å². The van der Waals surface area contributed by atoms with E-state index in [-0.39, 0.29) is 23.7 Å². The number of anilines is 1. The normalized spacial score (nSPS) is 24.2. The van der Waals surface area contributed by atoms with Crippen molar-refractivity contribution < 1.29 is 9.59 Å². The Morgan fingerprint density at radius 2 is 2.00 bits per heavy atom. The number of benzene rings is 1. The standard InChI is InChI=1S/C18H22N2O2/c21-17(15-3-1-2-9-19-15)14-6-7-16-13(11-14)8-10-20(16)18(22)12-4-5-12/h6-7,11-12,15,19H,1-5,8-10H2. The Kier molecular flexibility index (Phi) is 3.49. The number of carbonyl (C=O) groups is 2. The van der Waals surface area contributed by atoms with E-state index in [1.54, 1.807) is 0 Å². The average Bonchev–Trinajstić information content (AvgIpc) is 3.33. The van der Waals surface area contributed by atoms with Gasteiger partial charge in [-0.2, -0.15) is 0 Å². The first kappa shape index (κ1) is 13.9. The summed E-state index contributed by atoms with van der Waals surface area (Å²) in [7, 11) is 0. The maximum Gasteiger partial charge on any atom is 0.230 e. The second-order valence-corrected chi connectivity index (χ2v) is 6.72. The summed E-state index contributed by atoms with van der Waals surface area (Å²) in [6.07, 6.45) is 6.16. The van der Waals surface area contributed by atoms with Crippen LogP contribution in [0.3, 0.4) is 0 Å². The van der Waals surface area contributed by atoms with Gasteiger partial charge in [0.15, 0.2) is 5.78 Å². The van der Waals surface area contributed by atoms with Crippen LogP contribution in [0.1, 0.15) is 48.0 Å². The topological polar surface area (TPSA) is 49.4 Å². The number of nitrogens with zero attached hydrogens (tertiary/aromatic N) is 1. The van der Waals surface area contributed by atoms with Crippen LogP contribution in [0.4, 0.5) is 5.69 Å². The van der Waals surface area contributed by atoms with Crippen LogP contribution in [0.5, 0.6) is 0 Å². The summed E-state index contributed by atoms with van der Waals surface area (Å²) in [6, 6.07) is 5.85. The number of ketones is 1. The van der Waals surface area contributed by atoms with Gasteiger partial charge in [-0.3, -0.25) is 9.59 Å². The van der Waals surface area contributed by atoms with Crippen molar-refractivity contribution in [3.8, 4) is 0 Å². The minimum atomic E-state index is -0.0302. The third kappa shape index (κ3) is 2.45. The molecular formula is C18H22N2O2. The SMILES string of the molecule is O=C(c1ccc2c(c1)CCN2C(=O)C1CC1)C1CCCCN1. The van der Waals surface area contributed by atoms with Crippen LogP contribution in [0.15, 0.2) is 18.2 Å². The number of carbonyl (C=O) groups excluding carboxylic acids is 2.